The van der Waals surface area contributed by atoms with E-state index in [0.717, 1.165) is 27.5 Å². The number of carbonyl (C=O) groups is 1. The lowest BCUT2D eigenvalue weighted by molar-refractivity contribution is 0.0951. The quantitative estimate of drug-likeness (QED) is 0.492. The number of nitrogens with one attached hydrogen (secondary N) is 2. The van der Waals surface area contributed by atoms with Crippen LogP contribution in [0.25, 0.3) is 33.2 Å². The maximum absolute atomic E-state index is 13.0. The van der Waals surface area contributed by atoms with Crippen molar-refractivity contribution in [1.82, 2.24) is 25.3 Å². The van der Waals surface area contributed by atoms with Crippen LogP contribution in [0.3, 0.4) is 0 Å². The first kappa shape index (κ1) is 17.1. The maximum Gasteiger partial charge on any atom is 0.252 e. The number of rotatable bonds is 4. The van der Waals surface area contributed by atoms with Crippen LogP contribution in [0.4, 0.5) is 0 Å². The molecule has 29 heavy (non-hydrogen) atoms. The van der Waals surface area contributed by atoms with Crippen molar-refractivity contribution in [3.63, 3.8) is 0 Å². The summed E-state index contributed by atoms with van der Waals surface area (Å²) in [6.07, 6.45) is 3.46. The molecule has 5 aromatic rings. The second kappa shape index (κ2) is 7.16. The Morgan fingerprint density at radius 2 is 1.76 bits per heavy atom. The van der Waals surface area contributed by atoms with Crippen LogP contribution in [0, 0.1) is 0 Å². The van der Waals surface area contributed by atoms with Crippen LogP contribution in [0.5, 0.6) is 0 Å². The number of nitrogens with zero attached hydrogens (tertiary/aromatic N) is 3. The lowest BCUT2D eigenvalue weighted by atomic mass is 10.0. The number of aromatic nitrogens is 4. The van der Waals surface area contributed by atoms with Crippen molar-refractivity contribution in [3.05, 3.63) is 90.5 Å². The summed E-state index contributed by atoms with van der Waals surface area (Å²) in [5.41, 5.74) is 4.75. The zero-order chi connectivity index (χ0) is 19.6. The summed E-state index contributed by atoms with van der Waals surface area (Å²) in [5.74, 6) is 0.541. The number of carbonyl (C=O) groups excluding carboxylic acids is 1. The minimum atomic E-state index is -0.172. The van der Waals surface area contributed by atoms with Gasteiger partial charge in [-0.25, -0.2) is 9.97 Å². The fraction of sp³-hybridized carbons (Fsp3) is 0.0435. The third-order valence-electron chi connectivity index (χ3n) is 4.77. The van der Waals surface area contributed by atoms with E-state index in [4.69, 9.17) is 4.98 Å². The summed E-state index contributed by atoms with van der Waals surface area (Å²) in [4.78, 5) is 29.6. The molecule has 0 aliphatic rings. The highest BCUT2D eigenvalue weighted by Crippen LogP contribution is 2.24. The zero-order valence-corrected chi connectivity index (χ0v) is 15.5. The Morgan fingerprint density at radius 3 is 2.59 bits per heavy atom. The van der Waals surface area contributed by atoms with Crippen LogP contribution < -0.4 is 5.32 Å². The lowest BCUT2D eigenvalue weighted by Gasteiger charge is -2.10. The van der Waals surface area contributed by atoms with Gasteiger partial charge in [0.2, 0.25) is 0 Å². The molecule has 0 bridgehead atoms. The smallest absolute Gasteiger partial charge is 0.252 e. The van der Waals surface area contributed by atoms with E-state index in [-0.39, 0.29) is 5.91 Å². The van der Waals surface area contributed by atoms with Gasteiger partial charge in [0, 0.05) is 23.3 Å². The third kappa shape index (κ3) is 3.32. The van der Waals surface area contributed by atoms with Crippen LogP contribution in [0.1, 0.15) is 16.2 Å². The van der Waals surface area contributed by atoms with Crippen molar-refractivity contribution in [2.45, 2.75) is 6.54 Å². The first-order valence-electron chi connectivity index (χ1n) is 9.30. The molecule has 0 radical (unpaired) electrons. The molecule has 2 aromatic carbocycles. The number of pyridine rings is 2. The Morgan fingerprint density at radius 1 is 0.931 bits per heavy atom. The standard InChI is InChI=1S/C23H17N5O/c29-23(25-14-22-27-19-9-3-4-10-20(19)28-22)17-12-21(15-6-5-11-24-13-15)26-18-8-2-1-7-16(17)18/h1-13H,14H2,(H,25,29)(H,27,28). The molecule has 3 heterocycles. The number of benzene rings is 2. The molecule has 0 spiro atoms. The summed E-state index contributed by atoms with van der Waals surface area (Å²) in [5, 5.41) is 3.78. The molecule has 2 N–H and O–H groups in total. The number of H-pyrrole nitrogens is 1. The molecule has 3 aromatic heterocycles. The fourth-order valence-electron chi connectivity index (χ4n) is 3.37. The summed E-state index contributed by atoms with van der Waals surface area (Å²) < 4.78 is 0. The van der Waals surface area contributed by atoms with E-state index >= 15 is 0 Å². The SMILES string of the molecule is O=C(NCc1nc2ccccc2[nH]1)c1cc(-c2cccnc2)nc2ccccc12. The lowest BCUT2D eigenvalue weighted by Crippen LogP contribution is -2.23. The minimum absolute atomic E-state index is 0.172. The van der Waals surface area contributed by atoms with Crippen molar-refractivity contribution in [1.29, 1.82) is 0 Å². The highest BCUT2D eigenvalue weighted by molar-refractivity contribution is 6.07. The van der Waals surface area contributed by atoms with Gasteiger partial charge in [-0.1, -0.05) is 30.3 Å². The first-order chi connectivity index (χ1) is 14.3. The monoisotopic (exact) mass is 379 g/mol. The number of hydrogen-bond acceptors (Lipinski definition) is 4. The van der Waals surface area contributed by atoms with Crippen molar-refractivity contribution >= 4 is 27.8 Å². The zero-order valence-electron chi connectivity index (χ0n) is 15.5. The van der Waals surface area contributed by atoms with Gasteiger partial charge in [0.15, 0.2) is 0 Å². The van der Waals surface area contributed by atoms with Gasteiger partial charge in [-0.2, -0.15) is 0 Å². The second-order valence-electron chi connectivity index (χ2n) is 6.70. The molecule has 0 aliphatic carbocycles. The van der Waals surface area contributed by atoms with E-state index < -0.39 is 0 Å². The Hall–Kier alpha value is -4.06. The number of para-hydroxylation sites is 3. The molecule has 0 unspecified atom stereocenters. The fourth-order valence-corrected chi connectivity index (χ4v) is 3.37. The molecule has 0 saturated carbocycles. The Bertz CT molecular complexity index is 1290. The molecule has 5 rings (SSSR count). The molecule has 0 atom stereocenters. The molecule has 140 valence electrons. The largest absolute Gasteiger partial charge is 0.345 e. The predicted molar refractivity (Wildman–Crippen MR) is 112 cm³/mol. The molecule has 1 amide bonds. The van der Waals surface area contributed by atoms with Crippen molar-refractivity contribution < 1.29 is 4.79 Å². The molecular weight excluding hydrogens is 362 g/mol. The van der Waals surface area contributed by atoms with Gasteiger partial charge in [0.1, 0.15) is 5.82 Å². The molecule has 6 nitrogen and oxygen atoms in total. The third-order valence-corrected chi connectivity index (χ3v) is 4.77. The number of imidazole rings is 1. The number of hydrogen-bond donors (Lipinski definition) is 2. The van der Waals surface area contributed by atoms with Crippen LogP contribution in [-0.4, -0.2) is 25.8 Å². The van der Waals surface area contributed by atoms with E-state index in [0.29, 0.717) is 23.6 Å². The Kier molecular flexibility index (Phi) is 4.22. The second-order valence-corrected chi connectivity index (χ2v) is 6.70. The molecule has 6 heteroatoms. The molecule has 0 aliphatic heterocycles. The summed E-state index contributed by atoms with van der Waals surface area (Å²) in [6, 6.07) is 21.0. The van der Waals surface area contributed by atoms with Gasteiger partial charge in [0.25, 0.3) is 5.91 Å². The molecular formula is C23H17N5O. The van der Waals surface area contributed by atoms with E-state index in [1.807, 2.05) is 66.7 Å². The summed E-state index contributed by atoms with van der Waals surface area (Å²) >= 11 is 0. The van der Waals surface area contributed by atoms with Gasteiger partial charge >= 0.3 is 0 Å². The van der Waals surface area contributed by atoms with E-state index in [1.54, 1.807) is 12.4 Å². The van der Waals surface area contributed by atoms with Gasteiger partial charge in [0.05, 0.1) is 34.4 Å². The molecule has 0 fully saturated rings. The number of amides is 1. The summed E-state index contributed by atoms with van der Waals surface area (Å²) in [7, 11) is 0. The summed E-state index contributed by atoms with van der Waals surface area (Å²) in [6.45, 7) is 0.312. The molecule has 0 saturated heterocycles. The van der Waals surface area contributed by atoms with Gasteiger partial charge < -0.3 is 10.3 Å². The van der Waals surface area contributed by atoms with Gasteiger partial charge in [-0.05, 0) is 36.4 Å². The van der Waals surface area contributed by atoms with Crippen molar-refractivity contribution in [3.8, 4) is 11.3 Å². The van der Waals surface area contributed by atoms with Crippen LogP contribution >= 0.6 is 0 Å². The number of fused-ring (bicyclic) bond motifs is 2. The first-order valence-corrected chi connectivity index (χ1v) is 9.30. The van der Waals surface area contributed by atoms with Crippen LogP contribution in [0.15, 0.2) is 79.1 Å². The topological polar surface area (TPSA) is 83.6 Å². The minimum Gasteiger partial charge on any atom is -0.345 e. The predicted octanol–water partition coefficient (Wildman–Crippen LogP) is 4.10. The maximum atomic E-state index is 13.0. The number of aromatic amines is 1. The average molecular weight is 379 g/mol. The van der Waals surface area contributed by atoms with E-state index in [2.05, 4.69) is 20.3 Å². The van der Waals surface area contributed by atoms with E-state index in [1.165, 1.54) is 0 Å². The van der Waals surface area contributed by atoms with Crippen molar-refractivity contribution in [2.75, 3.05) is 0 Å². The normalized spacial score (nSPS) is 11.0. The average Bonchev–Trinajstić information content (AvgIpc) is 3.20. The van der Waals surface area contributed by atoms with Gasteiger partial charge in [-0.15, -0.1) is 0 Å². The van der Waals surface area contributed by atoms with Crippen LogP contribution in [0.2, 0.25) is 0 Å². The highest BCUT2D eigenvalue weighted by Gasteiger charge is 2.14. The van der Waals surface area contributed by atoms with Crippen LogP contribution in [-0.2, 0) is 6.54 Å². The Labute approximate surface area is 166 Å². The van der Waals surface area contributed by atoms with Crippen molar-refractivity contribution in [2.24, 2.45) is 0 Å². The van der Waals surface area contributed by atoms with E-state index in [9.17, 15) is 4.79 Å². The highest BCUT2D eigenvalue weighted by atomic mass is 16.1. The van der Waals surface area contributed by atoms with Gasteiger partial charge in [-0.3, -0.25) is 9.78 Å². The Balaban J connectivity index is 1.48.